The van der Waals surface area contributed by atoms with Gasteiger partial charge in [0.05, 0.1) is 11.1 Å². The summed E-state index contributed by atoms with van der Waals surface area (Å²) in [6.07, 6.45) is 6.07. The summed E-state index contributed by atoms with van der Waals surface area (Å²) in [5.74, 6) is -0.166. The summed E-state index contributed by atoms with van der Waals surface area (Å²) in [6, 6.07) is 5.91. The van der Waals surface area contributed by atoms with E-state index in [0.717, 1.165) is 18.4 Å². The van der Waals surface area contributed by atoms with Crippen LogP contribution in [0.4, 0.5) is 0 Å². The number of nitrogens with one attached hydrogen (secondary N) is 2. The Morgan fingerprint density at radius 2 is 2.00 bits per heavy atom. The van der Waals surface area contributed by atoms with E-state index in [1.165, 1.54) is 24.3 Å². The molecule has 8 heteroatoms. The van der Waals surface area contributed by atoms with Crippen molar-refractivity contribution < 1.29 is 13.2 Å². The van der Waals surface area contributed by atoms with Gasteiger partial charge in [0.15, 0.2) is 0 Å². The zero-order valence-electron chi connectivity index (χ0n) is 14.3. The van der Waals surface area contributed by atoms with E-state index in [4.69, 9.17) is 0 Å². The van der Waals surface area contributed by atoms with Crippen molar-refractivity contribution in [1.82, 2.24) is 19.8 Å². The zero-order chi connectivity index (χ0) is 18.0. The first-order valence-electron chi connectivity index (χ1n) is 8.31. The van der Waals surface area contributed by atoms with Gasteiger partial charge >= 0.3 is 0 Å². The largest absolute Gasteiger partial charge is 0.349 e. The maximum atomic E-state index is 12.6. The molecule has 1 atom stereocenters. The van der Waals surface area contributed by atoms with Crippen LogP contribution in [0, 0.1) is 0 Å². The summed E-state index contributed by atoms with van der Waals surface area (Å²) in [6.45, 7) is 1.91. The number of carbonyl (C=O) groups excluding carboxylic acids is 1. The van der Waals surface area contributed by atoms with Crippen molar-refractivity contribution in [3.8, 4) is 0 Å². The van der Waals surface area contributed by atoms with Crippen molar-refractivity contribution in [1.29, 1.82) is 0 Å². The molecular weight excluding hydrogens is 340 g/mol. The summed E-state index contributed by atoms with van der Waals surface area (Å²) in [7, 11) is -1.89. The van der Waals surface area contributed by atoms with E-state index in [1.54, 1.807) is 24.1 Å². The molecule has 2 aromatic rings. The molecule has 0 radical (unpaired) electrons. The van der Waals surface area contributed by atoms with Crippen molar-refractivity contribution in [2.24, 2.45) is 7.05 Å². The smallest absolute Gasteiger partial charge is 0.251 e. The summed E-state index contributed by atoms with van der Waals surface area (Å²) in [5, 5.41) is 6.97. The molecule has 1 aliphatic carbocycles. The fourth-order valence-corrected chi connectivity index (χ4v) is 3.85. The van der Waals surface area contributed by atoms with Crippen molar-refractivity contribution >= 4 is 15.9 Å². The normalized spacial score (nSPS) is 15.8. The molecule has 1 aromatic heterocycles. The van der Waals surface area contributed by atoms with Crippen molar-refractivity contribution in [3.05, 3.63) is 47.8 Å². The predicted octanol–water partition coefficient (Wildman–Crippen LogP) is 1.74. The lowest BCUT2D eigenvalue weighted by Gasteiger charge is -2.16. The molecule has 1 heterocycles. The minimum atomic E-state index is -3.68. The van der Waals surface area contributed by atoms with Crippen LogP contribution in [0.3, 0.4) is 0 Å². The molecule has 0 unspecified atom stereocenters. The fourth-order valence-electron chi connectivity index (χ4n) is 2.54. The van der Waals surface area contributed by atoms with Gasteiger partial charge in [0.2, 0.25) is 10.0 Å². The molecule has 3 rings (SSSR count). The highest BCUT2D eigenvalue weighted by Crippen LogP contribution is 2.21. The highest BCUT2D eigenvalue weighted by molar-refractivity contribution is 7.89. The predicted molar refractivity (Wildman–Crippen MR) is 93.5 cm³/mol. The zero-order valence-corrected chi connectivity index (χ0v) is 15.1. The van der Waals surface area contributed by atoms with Crippen LogP contribution in [0.1, 0.15) is 48.1 Å². The molecule has 2 N–H and O–H groups in total. The highest BCUT2D eigenvalue weighted by atomic mass is 32.2. The molecule has 1 aromatic carbocycles. The second-order valence-corrected chi connectivity index (χ2v) is 8.02. The minimum absolute atomic E-state index is 0.137. The number of carbonyl (C=O) groups is 1. The number of hydrogen-bond donors (Lipinski definition) is 2. The number of amides is 1. The third kappa shape index (κ3) is 4.26. The monoisotopic (exact) mass is 362 g/mol. The maximum Gasteiger partial charge on any atom is 0.251 e. The van der Waals surface area contributed by atoms with Crippen LogP contribution in [0.2, 0.25) is 0 Å². The third-order valence-corrected chi connectivity index (χ3v) is 5.66. The van der Waals surface area contributed by atoms with Gasteiger partial charge in [-0.2, -0.15) is 5.10 Å². The lowest BCUT2D eigenvalue weighted by atomic mass is 10.1. The van der Waals surface area contributed by atoms with E-state index < -0.39 is 10.0 Å². The Labute approximate surface area is 147 Å². The van der Waals surface area contributed by atoms with Crippen LogP contribution in [0.15, 0.2) is 41.6 Å². The van der Waals surface area contributed by atoms with Crippen LogP contribution in [-0.2, 0) is 17.1 Å². The maximum absolute atomic E-state index is 12.6. The van der Waals surface area contributed by atoms with Gasteiger partial charge < -0.3 is 5.32 Å². The first kappa shape index (κ1) is 17.6. The number of rotatable bonds is 7. The Morgan fingerprint density at radius 1 is 1.32 bits per heavy atom. The Kier molecular flexibility index (Phi) is 4.91. The molecule has 0 bridgehead atoms. The van der Waals surface area contributed by atoms with Gasteiger partial charge in [0, 0.05) is 36.5 Å². The Hall–Kier alpha value is -2.19. The Morgan fingerprint density at radius 3 is 2.52 bits per heavy atom. The van der Waals surface area contributed by atoms with Crippen LogP contribution < -0.4 is 10.0 Å². The van der Waals surface area contributed by atoms with Gasteiger partial charge in [0.1, 0.15) is 0 Å². The average Bonchev–Trinajstić information content (AvgIpc) is 3.30. The summed E-state index contributed by atoms with van der Waals surface area (Å²) in [5.41, 5.74) is 1.28. The van der Waals surface area contributed by atoms with E-state index in [0.29, 0.717) is 12.0 Å². The molecule has 1 saturated carbocycles. The molecule has 25 heavy (non-hydrogen) atoms. The molecule has 0 aliphatic heterocycles. The first-order chi connectivity index (χ1) is 11.9. The molecule has 0 saturated heterocycles. The van der Waals surface area contributed by atoms with Crippen molar-refractivity contribution in [3.63, 3.8) is 0 Å². The van der Waals surface area contributed by atoms with Crippen molar-refractivity contribution in [2.75, 3.05) is 0 Å². The highest BCUT2D eigenvalue weighted by Gasteiger charge is 2.25. The molecule has 1 aliphatic rings. The summed E-state index contributed by atoms with van der Waals surface area (Å²) in [4.78, 5) is 12.1. The Bertz CT molecular complexity index is 854. The standard InChI is InChI=1S/C17H22N4O3S/c1-3-16(13-10-18-21(2)11-13)20-25(23,24)15-8-4-12(5-9-15)17(22)19-14-6-7-14/h4-5,8-11,14,16,20H,3,6-7H2,1-2H3,(H,19,22)/t16-/m1/s1. The van der Waals surface area contributed by atoms with Crippen molar-refractivity contribution in [2.45, 2.75) is 43.2 Å². The second kappa shape index (κ2) is 6.97. The quantitative estimate of drug-likeness (QED) is 0.785. The van der Waals surface area contributed by atoms with Crippen LogP contribution in [0.25, 0.3) is 0 Å². The fraction of sp³-hybridized carbons (Fsp3) is 0.412. The molecule has 1 fully saturated rings. The van der Waals surface area contributed by atoms with E-state index >= 15 is 0 Å². The van der Waals surface area contributed by atoms with Gasteiger partial charge in [-0.25, -0.2) is 13.1 Å². The molecule has 7 nitrogen and oxygen atoms in total. The first-order valence-corrected chi connectivity index (χ1v) is 9.79. The number of aromatic nitrogens is 2. The van der Waals surface area contributed by atoms with E-state index in [-0.39, 0.29) is 22.9 Å². The molecular formula is C17H22N4O3S. The van der Waals surface area contributed by atoms with E-state index in [1.807, 2.05) is 6.92 Å². The molecule has 0 spiro atoms. The molecule has 1 amide bonds. The van der Waals surface area contributed by atoms with Crippen LogP contribution in [-0.4, -0.2) is 30.1 Å². The van der Waals surface area contributed by atoms with E-state index in [9.17, 15) is 13.2 Å². The van der Waals surface area contributed by atoms with Gasteiger partial charge in [-0.3, -0.25) is 9.48 Å². The van der Waals surface area contributed by atoms with Gasteiger partial charge in [-0.1, -0.05) is 6.92 Å². The Balaban J connectivity index is 1.73. The van der Waals surface area contributed by atoms with Gasteiger partial charge in [-0.15, -0.1) is 0 Å². The van der Waals surface area contributed by atoms with Crippen LogP contribution >= 0.6 is 0 Å². The lowest BCUT2D eigenvalue weighted by Crippen LogP contribution is -2.28. The second-order valence-electron chi connectivity index (χ2n) is 6.30. The molecule has 134 valence electrons. The lowest BCUT2D eigenvalue weighted by molar-refractivity contribution is 0.0951. The number of sulfonamides is 1. The van der Waals surface area contributed by atoms with Gasteiger partial charge in [-0.05, 0) is 43.5 Å². The van der Waals surface area contributed by atoms with Crippen LogP contribution in [0.5, 0.6) is 0 Å². The summed E-state index contributed by atoms with van der Waals surface area (Å²) < 4.78 is 29.6. The average molecular weight is 362 g/mol. The number of hydrogen-bond acceptors (Lipinski definition) is 4. The number of benzene rings is 1. The van der Waals surface area contributed by atoms with Gasteiger partial charge in [0.25, 0.3) is 5.91 Å². The van der Waals surface area contributed by atoms with E-state index in [2.05, 4.69) is 15.1 Å². The number of aryl methyl sites for hydroxylation is 1. The minimum Gasteiger partial charge on any atom is -0.349 e. The third-order valence-electron chi connectivity index (χ3n) is 4.17. The number of nitrogens with zero attached hydrogens (tertiary/aromatic N) is 2. The SMILES string of the molecule is CC[C@@H](NS(=O)(=O)c1ccc(C(=O)NC2CC2)cc1)c1cnn(C)c1. The summed E-state index contributed by atoms with van der Waals surface area (Å²) >= 11 is 0. The topological polar surface area (TPSA) is 93.1 Å².